The summed E-state index contributed by atoms with van der Waals surface area (Å²) in [6.07, 6.45) is 0. The highest BCUT2D eigenvalue weighted by Crippen LogP contribution is 2.25. The van der Waals surface area contributed by atoms with Crippen LogP contribution in [-0.2, 0) is 6.54 Å². The summed E-state index contributed by atoms with van der Waals surface area (Å²) in [4.78, 5) is 1.96. The lowest BCUT2D eigenvalue weighted by Gasteiger charge is -2.21. The van der Waals surface area contributed by atoms with E-state index in [1.807, 2.05) is 23.1 Å². The average Bonchev–Trinajstić information content (AvgIpc) is 2.39. The fraction of sp³-hybridized carbons (Fsp3) is 0.538. The summed E-state index contributed by atoms with van der Waals surface area (Å²) < 4.78 is 10.5. The predicted molar refractivity (Wildman–Crippen MR) is 69.0 cm³/mol. The van der Waals surface area contributed by atoms with E-state index in [1.165, 1.54) is 0 Å². The summed E-state index contributed by atoms with van der Waals surface area (Å²) in [5.74, 6) is 1.54. The quantitative estimate of drug-likeness (QED) is 0.708. The van der Waals surface area contributed by atoms with E-state index in [2.05, 4.69) is 0 Å². The lowest BCUT2D eigenvalue weighted by molar-refractivity contribution is 0.155. The first-order valence-corrected chi connectivity index (χ1v) is 5.90. The third-order valence-electron chi connectivity index (χ3n) is 2.71. The van der Waals surface area contributed by atoms with Crippen LogP contribution < -0.4 is 9.47 Å². The van der Waals surface area contributed by atoms with E-state index < -0.39 is 0 Å². The van der Waals surface area contributed by atoms with Gasteiger partial charge < -0.3 is 19.7 Å². The van der Waals surface area contributed by atoms with Crippen molar-refractivity contribution in [3.05, 3.63) is 23.8 Å². The topological polar surface area (TPSA) is 62.2 Å². The van der Waals surface area contributed by atoms with Gasteiger partial charge in [-0.3, -0.25) is 4.90 Å². The third kappa shape index (κ3) is 4.18. The summed E-state index contributed by atoms with van der Waals surface area (Å²) in [5.41, 5.74) is 0.971. The number of aliphatic hydroxyl groups excluding tert-OH is 2. The van der Waals surface area contributed by atoms with E-state index in [0.717, 1.165) is 17.1 Å². The van der Waals surface area contributed by atoms with Gasteiger partial charge >= 0.3 is 0 Å². The molecule has 0 bridgehead atoms. The van der Waals surface area contributed by atoms with E-state index in [1.54, 1.807) is 14.2 Å². The Kier molecular flexibility index (Phi) is 6.49. The van der Waals surface area contributed by atoms with Crippen molar-refractivity contribution in [1.29, 1.82) is 0 Å². The van der Waals surface area contributed by atoms with Crippen LogP contribution in [0.1, 0.15) is 5.56 Å². The first kappa shape index (κ1) is 14.8. The molecule has 0 aliphatic carbocycles. The van der Waals surface area contributed by atoms with E-state index in [4.69, 9.17) is 19.7 Å². The molecule has 1 aromatic rings. The highest BCUT2D eigenvalue weighted by atomic mass is 16.5. The number of nitrogens with zero attached hydrogens (tertiary/aromatic N) is 1. The van der Waals surface area contributed by atoms with Gasteiger partial charge in [0.05, 0.1) is 27.4 Å². The van der Waals surface area contributed by atoms with Crippen molar-refractivity contribution in [2.75, 3.05) is 40.5 Å². The van der Waals surface area contributed by atoms with Crippen LogP contribution in [0, 0.1) is 0 Å². The van der Waals surface area contributed by atoms with Gasteiger partial charge in [0.2, 0.25) is 0 Å². The number of rotatable bonds is 8. The fourth-order valence-electron chi connectivity index (χ4n) is 1.80. The molecule has 0 amide bonds. The molecule has 0 unspecified atom stereocenters. The molecule has 0 spiro atoms. The first-order chi connectivity index (χ1) is 8.74. The van der Waals surface area contributed by atoms with Crippen molar-refractivity contribution < 1.29 is 19.7 Å². The summed E-state index contributed by atoms with van der Waals surface area (Å²) >= 11 is 0. The monoisotopic (exact) mass is 255 g/mol. The Morgan fingerprint density at radius 1 is 1.06 bits per heavy atom. The molecule has 0 aromatic heterocycles. The van der Waals surface area contributed by atoms with E-state index in [9.17, 15) is 0 Å². The molecular weight excluding hydrogens is 234 g/mol. The second-order valence-corrected chi connectivity index (χ2v) is 3.90. The maximum absolute atomic E-state index is 8.99. The highest BCUT2D eigenvalue weighted by molar-refractivity contribution is 5.40. The van der Waals surface area contributed by atoms with E-state index in [-0.39, 0.29) is 13.2 Å². The smallest absolute Gasteiger partial charge is 0.123 e. The van der Waals surface area contributed by atoms with Crippen LogP contribution >= 0.6 is 0 Å². The number of hydrogen-bond acceptors (Lipinski definition) is 5. The molecule has 2 N–H and O–H groups in total. The van der Waals surface area contributed by atoms with Gasteiger partial charge in [0.25, 0.3) is 0 Å². The molecule has 0 saturated heterocycles. The maximum Gasteiger partial charge on any atom is 0.123 e. The van der Waals surface area contributed by atoms with Gasteiger partial charge in [-0.25, -0.2) is 0 Å². The Hall–Kier alpha value is -1.30. The molecule has 18 heavy (non-hydrogen) atoms. The zero-order chi connectivity index (χ0) is 13.4. The molecule has 5 heteroatoms. The Morgan fingerprint density at radius 2 is 1.72 bits per heavy atom. The van der Waals surface area contributed by atoms with Gasteiger partial charge in [-0.1, -0.05) is 0 Å². The molecule has 0 atom stereocenters. The molecule has 102 valence electrons. The predicted octanol–water partition coefficient (Wildman–Crippen LogP) is 0.490. The van der Waals surface area contributed by atoms with Crippen LogP contribution in [0.15, 0.2) is 18.2 Å². The average molecular weight is 255 g/mol. The van der Waals surface area contributed by atoms with Crippen LogP contribution in [0.2, 0.25) is 0 Å². The zero-order valence-corrected chi connectivity index (χ0v) is 10.9. The normalized spacial score (nSPS) is 10.7. The highest BCUT2D eigenvalue weighted by Gasteiger charge is 2.10. The van der Waals surface area contributed by atoms with Crippen molar-refractivity contribution in [1.82, 2.24) is 4.90 Å². The standard InChI is InChI=1S/C13H21NO4/c1-17-12-3-4-13(18-2)11(9-12)10-14(5-7-15)6-8-16/h3-4,9,15-16H,5-8,10H2,1-2H3. The molecule has 0 aliphatic rings. The molecule has 0 fully saturated rings. The van der Waals surface area contributed by atoms with E-state index >= 15 is 0 Å². The van der Waals surface area contributed by atoms with Crippen LogP contribution in [0.3, 0.4) is 0 Å². The number of hydrogen-bond donors (Lipinski definition) is 2. The van der Waals surface area contributed by atoms with Gasteiger partial charge in [0.1, 0.15) is 11.5 Å². The minimum Gasteiger partial charge on any atom is -0.497 e. The van der Waals surface area contributed by atoms with Crippen molar-refractivity contribution >= 4 is 0 Å². The molecule has 5 nitrogen and oxygen atoms in total. The summed E-state index contributed by atoms with van der Waals surface area (Å²) in [6, 6.07) is 5.59. The molecule has 0 heterocycles. The number of methoxy groups -OCH3 is 2. The molecular formula is C13H21NO4. The Balaban J connectivity index is 2.84. The van der Waals surface area contributed by atoms with E-state index in [0.29, 0.717) is 19.6 Å². The van der Waals surface area contributed by atoms with Gasteiger partial charge in [-0.15, -0.1) is 0 Å². The SMILES string of the molecule is COc1ccc(OC)c(CN(CCO)CCO)c1. The van der Waals surface area contributed by atoms with Gasteiger partial charge in [-0.05, 0) is 18.2 Å². The Morgan fingerprint density at radius 3 is 2.22 bits per heavy atom. The number of benzene rings is 1. The Bertz CT molecular complexity index is 351. The van der Waals surface area contributed by atoms with Crippen LogP contribution in [-0.4, -0.2) is 55.6 Å². The van der Waals surface area contributed by atoms with Gasteiger partial charge in [0, 0.05) is 25.2 Å². The molecule has 1 aromatic carbocycles. The van der Waals surface area contributed by atoms with Crippen molar-refractivity contribution in [3.8, 4) is 11.5 Å². The minimum absolute atomic E-state index is 0.0618. The van der Waals surface area contributed by atoms with Crippen molar-refractivity contribution in [2.24, 2.45) is 0 Å². The van der Waals surface area contributed by atoms with Crippen LogP contribution in [0.4, 0.5) is 0 Å². The second-order valence-electron chi connectivity index (χ2n) is 3.90. The summed E-state index contributed by atoms with van der Waals surface area (Å²) in [7, 11) is 3.23. The lowest BCUT2D eigenvalue weighted by atomic mass is 10.1. The largest absolute Gasteiger partial charge is 0.497 e. The number of aliphatic hydroxyl groups is 2. The van der Waals surface area contributed by atoms with Gasteiger partial charge in [0.15, 0.2) is 0 Å². The molecule has 0 saturated carbocycles. The Labute approximate surface area is 108 Å². The lowest BCUT2D eigenvalue weighted by Crippen LogP contribution is -2.29. The van der Waals surface area contributed by atoms with Crippen molar-refractivity contribution in [3.63, 3.8) is 0 Å². The second kappa shape index (κ2) is 7.92. The maximum atomic E-state index is 8.99. The zero-order valence-electron chi connectivity index (χ0n) is 10.9. The fourth-order valence-corrected chi connectivity index (χ4v) is 1.80. The van der Waals surface area contributed by atoms with Crippen molar-refractivity contribution in [2.45, 2.75) is 6.54 Å². The third-order valence-corrected chi connectivity index (χ3v) is 2.71. The molecule has 1 rings (SSSR count). The summed E-state index contributed by atoms with van der Waals surface area (Å²) in [6.45, 7) is 1.75. The minimum atomic E-state index is 0.0618. The van der Waals surface area contributed by atoms with Gasteiger partial charge in [-0.2, -0.15) is 0 Å². The summed E-state index contributed by atoms with van der Waals surface area (Å²) in [5, 5.41) is 18.0. The molecule has 0 radical (unpaired) electrons. The number of ether oxygens (including phenoxy) is 2. The molecule has 0 aliphatic heterocycles. The van der Waals surface area contributed by atoms with Crippen LogP contribution in [0.25, 0.3) is 0 Å². The van der Waals surface area contributed by atoms with Crippen LogP contribution in [0.5, 0.6) is 11.5 Å². The first-order valence-electron chi connectivity index (χ1n) is 5.90.